The molecule has 0 radical (unpaired) electrons. The minimum atomic E-state index is -0.836. The van der Waals surface area contributed by atoms with Crippen LogP contribution in [0.5, 0.6) is 0 Å². The Morgan fingerprint density at radius 2 is 0.561 bits per heavy atom. The van der Waals surface area contributed by atoms with E-state index in [1.165, 1.54) is 315 Å². The molecule has 2 atom stereocenters. The summed E-state index contributed by atoms with van der Waals surface area (Å²) < 4.78 is 0. The third kappa shape index (κ3) is 54.1. The van der Waals surface area contributed by atoms with Crippen molar-refractivity contribution < 1.29 is 15.0 Å². The first-order chi connectivity index (χ1) is 32.7. The van der Waals surface area contributed by atoms with E-state index in [2.05, 4.69) is 19.2 Å². The van der Waals surface area contributed by atoms with Crippen molar-refractivity contribution in [2.45, 2.75) is 373 Å². The van der Waals surface area contributed by atoms with Gasteiger partial charge < -0.3 is 15.5 Å². The minimum absolute atomic E-state index is 0.0547. The molecule has 2 unspecified atom stereocenters. The molecule has 0 aliphatic rings. The second-order valence-electron chi connectivity index (χ2n) is 21.5. The number of aliphatic hydroxyl groups is 2. The molecule has 0 aliphatic heterocycles. The molecule has 0 saturated heterocycles. The van der Waals surface area contributed by atoms with Gasteiger partial charge in [0.05, 0.1) is 18.8 Å². The van der Waals surface area contributed by atoms with Gasteiger partial charge in [0.15, 0.2) is 0 Å². The third-order valence-electron chi connectivity index (χ3n) is 14.8. The highest BCUT2D eigenvalue weighted by Gasteiger charge is 2.18. The van der Waals surface area contributed by atoms with E-state index < -0.39 is 12.1 Å². The van der Waals surface area contributed by atoms with Crippen LogP contribution in [0.4, 0.5) is 0 Å². The third-order valence-corrected chi connectivity index (χ3v) is 14.8. The molecular weight excluding hydrogens is 807 g/mol. The number of amides is 1. The summed E-state index contributed by atoms with van der Waals surface area (Å²) in [5, 5.41) is 23.2. The molecule has 0 aromatic rings. The van der Waals surface area contributed by atoms with Crippen molar-refractivity contribution in [1.29, 1.82) is 0 Å². The normalized spacial score (nSPS) is 12.7. The fraction of sp³-hybridized carbons (Fsp3) is 0.952. The van der Waals surface area contributed by atoms with Crippen LogP contribution in [-0.4, -0.2) is 34.9 Å². The van der Waals surface area contributed by atoms with Gasteiger partial charge in [-0.2, -0.15) is 0 Å². The second-order valence-corrected chi connectivity index (χ2v) is 21.5. The summed E-state index contributed by atoms with van der Waals surface area (Å²) in [6.07, 6.45) is 76.9. The molecule has 3 N–H and O–H groups in total. The van der Waals surface area contributed by atoms with Crippen LogP contribution >= 0.6 is 0 Å². The van der Waals surface area contributed by atoms with Crippen molar-refractivity contribution in [3.05, 3.63) is 12.2 Å². The predicted octanol–water partition coefficient (Wildman–Crippen LogP) is 20.5. The number of unbranched alkanes of at least 4 members (excludes halogenated alkanes) is 51. The minimum Gasteiger partial charge on any atom is -0.394 e. The number of carbonyl (C=O) groups is 1. The Morgan fingerprint density at radius 3 is 0.788 bits per heavy atom. The van der Waals surface area contributed by atoms with Gasteiger partial charge in [-0.15, -0.1) is 0 Å². The molecular formula is C62H123NO3. The van der Waals surface area contributed by atoms with Gasteiger partial charge in [-0.05, 0) is 19.3 Å². The van der Waals surface area contributed by atoms with Gasteiger partial charge in [-0.3, -0.25) is 4.79 Å². The summed E-state index contributed by atoms with van der Waals surface area (Å²) in [7, 11) is 0. The van der Waals surface area contributed by atoms with E-state index in [1.807, 2.05) is 6.08 Å². The number of rotatable bonds is 58. The molecule has 0 aromatic carbocycles. The zero-order valence-corrected chi connectivity index (χ0v) is 45.5. The topological polar surface area (TPSA) is 69.6 Å². The first-order valence-corrected chi connectivity index (χ1v) is 30.9. The number of allylic oxidation sites excluding steroid dienone is 1. The molecule has 4 nitrogen and oxygen atoms in total. The maximum atomic E-state index is 12.5. The fourth-order valence-corrected chi connectivity index (χ4v) is 10.1. The highest BCUT2D eigenvalue weighted by atomic mass is 16.3. The first kappa shape index (κ1) is 65.1. The number of aliphatic hydroxyl groups excluding tert-OH is 2. The molecule has 0 saturated carbocycles. The monoisotopic (exact) mass is 930 g/mol. The van der Waals surface area contributed by atoms with Gasteiger partial charge in [-0.1, -0.05) is 347 Å². The molecule has 0 heterocycles. The van der Waals surface area contributed by atoms with Crippen LogP contribution in [0.25, 0.3) is 0 Å². The van der Waals surface area contributed by atoms with Crippen LogP contribution in [0.3, 0.4) is 0 Å². The Kier molecular flexibility index (Phi) is 57.7. The lowest BCUT2D eigenvalue weighted by molar-refractivity contribution is -0.123. The van der Waals surface area contributed by atoms with E-state index in [4.69, 9.17) is 0 Å². The zero-order valence-electron chi connectivity index (χ0n) is 45.5. The van der Waals surface area contributed by atoms with Crippen molar-refractivity contribution in [1.82, 2.24) is 5.32 Å². The summed E-state index contributed by atoms with van der Waals surface area (Å²) in [5.41, 5.74) is 0. The molecule has 394 valence electrons. The van der Waals surface area contributed by atoms with Crippen molar-refractivity contribution in [2.75, 3.05) is 6.61 Å². The van der Waals surface area contributed by atoms with E-state index in [0.29, 0.717) is 6.42 Å². The number of carbonyl (C=O) groups excluding carboxylic acids is 1. The Hall–Kier alpha value is -0.870. The van der Waals surface area contributed by atoms with Gasteiger partial charge in [0.25, 0.3) is 0 Å². The van der Waals surface area contributed by atoms with E-state index >= 15 is 0 Å². The zero-order chi connectivity index (χ0) is 47.7. The van der Waals surface area contributed by atoms with Gasteiger partial charge in [0.1, 0.15) is 0 Å². The molecule has 0 aliphatic carbocycles. The van der Waals surface area contributed by atoms with Crippen LogP contribution in [0, 0.1) is 0 Å². The Bertz CT molecular complexity index is 921. The largest absolute Gasteiger partial charge is 0.394 e. The van der Waals surface area contributed by atoms with Crippen LogP contribution in [-0.2, 0) is 4.79 Å². The highest BCUT2D eigenvalue weighted by molar-refractivity contribution is 5.76. The predicted molar refractivity (Wildman–Crippen MR) is 295 cm³/mol. The maximum absolute atomic E-state index is 12.5. The summed E-state index contributed by atoms with van der Waals surface area (Å²) >= 11 is 0. The maximum Gasteiger partial charge on any atom is 0.220 e. The fourth-order valence-electron chi connectivity index (χ4n) is 10.1. The van der Waals surface area contributed by atoms with Crippen LogP contribution in [0.15, 0.2) is 12.2 Å². The number of nitrogens with one attached hydrogen (secondary N) is 1. The Balaban J connectivity index is 3.42. The van der Waals surface area contributed by atoms with E-state index in [0.717, 1.165) is 25.7 Å². The Labute approximate surface area is 416 Å². The van der Waals surface area contributed by atoms with Gasteiger partial charge in [-0.25, -0.2) is 0 Å². The molecule has 4 heteroatoms. The molecule has 66 heavy (non-hydrogen) atoms. The lowest BCUT2D eigenvalue weighted by Crippen LogP contribution is -2.45. The van der Waals surface area contributed by atoms with Gasteiger partial charge >= 0.3 is 0 Å². The lowest BCUT2D eigenvalue weighted by Gasteiger charge is -2.20. The molecule has 0 aromatic heterocycles. The smallest absolute Gasteiger partial charge is 0.220 e. The van der Waals surface area contributed by atoms with Crippen LogP contribution in [0.1, 0.15) is 361 Å². The van der Waals surface area contributed by atoms with Crippen molar-refractivity contribution in [3.63, 3.8) is 0 Å². The average Bonchev–Trinajstić information content (AvgIpc) is 3.32. The second kappa shape index (κ2) is 58.4. The summed E-state index contributed by atoms with van der Waals surface area (Å²) in [4.78, 5) is 12.5. The Morgan fingerprint density at radius 1 is 0.348 bits per heavy atom. The molecule has 0 bridgehead atoms. The van der Waals surface area contributed by atoms with Gasteiger partial charge in [0, 0.05) is 6.42 Å². The van der Waals surface area contributed by atoms with Crippen molar-refractivity contribution in [2.24, 2.45) is 0 Å². The molecule has 1 amide bonds. The SMILES string of the molecule is CCCCCCCCCCCCCCCCCCCCCCCCCCCCCCC/C=C/C(O)C(CO)NC(=O)CCCCCCCCCCCCCCCCCCCCCCCCC. The lowest BCUT2D eigenvalue weighted by atomic mass is 10.0. The summed E-state index contributed by atoms with van der Waals surface area (Å²) in [5.74, 6) is -0.0547. The standard InChI is InChI=1S/C62H123NO3/c1-3-5-7-9-11-13-15-17-19-21-23-25-27-28-29-30-31-32-33-34-36-37-39-41-43-45-47-49-51-53-55-57-61(65)60(59-64)63-62(66)58-56-54-52-50-48-46-44-42-40-38-35-26-24-22-20-18-16-14-12-10-8-6-4-2/h55,57,60-61,64-65H,3-54,56,58-59H2,1-2H3,(H,63,66)/b57-55+. The van der Waals surface area contributed by atoms with E-state index in [9.17, 15) is 15.0 Å². The van der Waals surface area contributed by atoms with Crippen LogP contribution in [0.2, 0.25) is 0 Å². The van der Waals surface area contributed by atoms with E-state index in [1.54, 1.807) is 6.08 Å². The summed E-state index contributed by atoms with van der Waals surface area (Å²) in [6, 6.07) is -0.619. The molecule has 0 rings (SSSR count). The quantitative estimate of drug-likeness (QED) is 0.0420. The van der Waals surface area contributed by atoms with Crippen LogP contribution < -0.4 is 5.32 Å². The average molecular weight is 931 g/mol. The van der Waals surface area contributed by atoms with Crippen molar-refractivity contribution in [3.8, 4) is 0 Å². The molecule has 0 spiro atoms. The number of hydrogen-bond acceptors (Lipinski definition) is 3. The highest BCUT2D eigenvalue weighted by Crippen LogP contribution is 2.19. The first-order valence-electron chi connectivity index (χ1n) is 30.9. The van der Waals surface area contributed by atoms with Gasteiger partial charge in [0.2, 0.25) is 5.91 Å². The summed E-state index contributed by atoms with van der Waals surface area (Å²) in [6.45, 7) is 4.36. The van der Waals surface area contributed by atoms with Crippen molar-refractivity contribution >= 4 is 5.91 Å². The molecule has 0 fully saturated rings. The number of hydrogen-bond donors (Lipinski definition) is 3. The van der Waals surface area contributed by atoms with E-state index in [-0.39, 0.29) is 12.5 Å².